The van der Waals surface area contributed by atoms with Crippen LogP contribution in [0.3, 0.4) is 0 Å². The van der Waals surface area contributed by atoms with Crippen LogP contribution in [-0.2, 0) is 0 Å². The summed E-state index contributed by atoms with van der Waals surface area (Å²) in [6, 6.07) is 0. The monoisotopic (exact) mass is 167 g/mol. The summed E-state index contributed by atoms with van der Waals surface area (Å²) in [7, 11) is 0. The van der Waals surface area contributed by atoms with Gasteiger partial charge in [0.15, 0.2) is 0 Å². The topological polar surface area (TPSA) is 26.0 Å². The molecular weight excluding hydrogens is 146 g/mol. The summed E-state index contributed by atoms with van der Waals surface area (Å²) in [6.07, 6.45) is 8.64. The van der Waals surface area contributed by atoms with Gasteiger partial charge in [-0.2, -0.15) is 0 Å². The molecule has 70 valence electrons. The largest absolute Gasteiger partial charge is 0.330 e. The zero-order chi connectivity index (χ0) is 8.60. The normalized spacial score (nSPS) is 47.5. The summed E-state index contributed by atoms with van der Waals surface area (Å²) >= 11 is 0. The number of hydrogen-bond acceptors (Lipinski definition) is 1. The van der Waals surface area contributed by atoms with Crippen LogP contribution in [0.15, 0.2) is 0 Å². The third-order valence-electron chi connectivity index (χ3n) is 3.99. The molecule has 3 atom stereocenters. The Morgan fingerprint density at radius 1 is 1.42 bits per heavy atom. The lowest BCUT2D eigenvalue weighted by atomic mass is 9.59. The predicted octanol–water partition coefficient (Wildman–Crippen LogP) is 2.55. The van der Waals surface area contributed by atoms with Gasteiger partial charge in [-0.3, -0.25) is 0 Å². The molecule has 2 N–H and O–H groups in total. The van der Waals surface area contributed by atoms with Crippen LogP contribution >= 0.6 is 0 Å². The Bertz CT molecular complexity index is 162. The fourth-order valence-electron chi connectivity index (χ4n) is 3.63. The van der Waals surface area contributed by atoms with Gasteiger partial charge in [-0.25, -0.2) is 0 Å². The highest BCUT2D eigenvalue weighted by Gasteiger charge is 2.40. The highest BCUT2D eigenvalue weighted by atomic mass is 14.6. The van der Waals surface area contributed by atoms with Gasteiger partial charge in [0, 0.05) is 0 Å². The molecule has 2 aliphatic rings. The van der Waals surface area contributed by atoms with Gasteiger partial charge in [-0.15, -0.1) is 0 Å². The van der Waals surface area contributed by atoms with Crippen LogP contribution in [0.1, 0.15) is 45.4 Å². The molecule has 2 aliphatic carbocycles. The smallest absolute Gasteiger partial charge is 0.00203 e. The number of fused-ring (bicyclic) bond motifs is 2. The van der Waals surface area contributed by atoms with Crippen molar-refractivity contribution in [2.45, 2.75) is 45.4 Å². The van der Waals surface area contributed by atoms with Crippen molar-refractivity contribution in [1.82, 2.24) is 0 Å². The molecule has 0 aliphatic heterocycles. The summed E-state index contributed by atoms with van der Waals surface area (Å²) in [5.41, 5.74) is 6.48. The van der Waals surface area contributed by atoms with Crippen LogP contribution < -0.4 is 5.73 Å². The third kappa shape index (κ3) is 1.39. The fraction of sp³-hybridized carbons (Fsp3) is 1.00. The van der Waals surface area contributed by atoms with Gasteiger partial charge in [0.1, 0.15) is 0 Å². The van der Waals surface area contributed by atoms with Crippen molar-refractivity contribution in [1.29, 1.82) is 0 Å². The van der Waals surface area contributed by atoms with Gasteiger partial charge in [0.05, 0.1) is 0 Å². The molecule has 0 radical (unpaired) electrons. The molecule has 0 aromatic rings. The summed E-state index contributed by atoms with van der Waals surface area (Å²) < 4.78 is 0. The summed E-state index contributed by atoms with van der Waals surface area (Å²) in [4.78, 5) is 0. The van der Waals surface area contributed by atoms with Crippen molar-refractivity contribution in [2.75, 3.05) is 6.54 Å². The first-order valence-corrected chi connectivity index (χ1v) is 5.44. The molecule has 0 aromatic heterocycles. The number of hydrogen-bond donors (Lipinski definition) is 1. The molecule has 3 unspecified atom stereocenters. The Kier molecular flexibility index (Phi) is 2.16. The predicted molar refractivity (Wildman–Crippen MR) is 51.8 cm³/mol. The van der Waals surface area contributed by atoms with Gasteiger partial charge in [0.25, 0.3) is 0 Å². The number of nitrogens with two attached hydrogens (primary N) is 1. The van der Waals surface area contributed by atoms with Crippen molar-refractivity contribution >= 4 is 0 Å². The quantitative estimate of drug-likeness (QED) is 0.638. The van der Waals surface area contributed by atoms with E-state index in [9.17, 15) is 0 Å². The lowest BCUT2D eigenvalue weighted by Crippen LogP contribution is -2.41. The Balaban J connectivity index is 2.10. The van der Waals surface area contributed by atoms with Gasteiger partial charge in [0.2, 0.25) is 0 Å². The van der Waals surface area contributed by atoms with E-state index in [2.05, 4.69) is 6.92 Å². The van der Waals surface area contributed by atoms with Crippen LogP contribution in [0.5, 0.6) is 0 Å². The maximum atomic E-state index is 5.91. The molecule has 12 heavy (non-hydrogen) atoms. The van der Waals surface area contributed by atoms with E-state index in [0.29, 0.717) is 5.41 Å². The highest BCUT2D eigenvalue weighted by molar-refractivity contribution is 4.93. The molecule has 0 aromatic carbocycles. The van der Waals surface area contributed by atoms with Crippen molar-refractivity contribution in [3.63, 3.8) is 0 Å². The van der Waals surface area contributed by atoms with Crippen LogP contribution in [-0.4, -0.2) is 6.54 Å². The Hall–Kier alpha value is -0.0400. The average molecular weight is 167 g/mol. The molecule has 2 saturated carbocycles. The zero-order valence-corrected chi connectivity index (χ0v) is 8.18. The van der Waals surface area contributed by atoms with Crippen LogP contribution in [0.2, 0.25) is 0 Å². The van der Waals surface area contributed by atoms with Gasteiger partial charge < -0.3 is 5.73 Å². The van der Waals surface area contributed by atoms with E-state index in [0.717, 1.165) is 18.4 Å². The minimum atomic E-state index is 0.570. The Morgan fingerprint density at radius 2 is 2.25 bits per heavy atom. The lowest BCUT2D eigenvalue weighted by molar-refractivity contribution is 0.0530. The standard InChI is InChI=1S/C11H21N/c1-9-5-10-3-2-4-11(6-9,7-10)8-12/h9-10H,2-8,12H2,1H3. The summed E-state index contributed by atoms with van der Waals surface area (Å²) in [5, 5.41) is 0. The van der Waals surface area contributed by atoms with E-state index in [1.807, 2.05) is 0 Å². The summed E-state index contributed by atoms with van der Waals surface area (Å²) in [5.74, 6) is 1.96. The van der Waals surface area contributed by atoms with Gasteiger partial charge >= 0.3 is 0 Å². The van der Waals surface area contributed by atoms with Crippen LogP contribution in [0, 0.1) is 17.3 Å². The van der Waals surface area contributed by atoms with Gasteiger partial charge in [-0.1, -0.05) is 19.8 Å². The van der Waals surface area contributed by atoms with E-state index < -0.39 is 0 Å². The molecular formula is C11H21N. The maximum Gasteiger partial charge on any atom is -0.00203 e. The molecule has 1 nitrogen and oxygen atoms in total. The van der Waals surface area contributed by atoms with Gasteiger partial charge in [-0.05, 0) is 49.5 Å². The summed E-state index contributed by atoms with van der Waals surface area (Å²) in [6.45, 7) is 3.34. The minimum absolute atomic E-state index is 0.570. The van der Waals surface area contributed by atoms with Crippen molar-refractivity contribution < 1.29 is 0 Å². The molecule has 0 amide bonds. The first kappa shape index (κ1) is 8.55. The molecule has 1 heteroatoms. The number of rotatable bonds is 1. The third-order valence-corrected chi connectivity index (χ3v) is 3.99. The van der Waals surface area contributed by atoms with Crippen molar-refractivity contribution in [3.8, 4) is 0 Å². The van der Waals surface area contributed by atoms with E-state index >= 15 is 0 Å². The fourth-order valence-corrected chi connectivity index (χ4v) is 3.63. The molecule has 0 spiro atoms. The second kappa shape index (κ2) is 3.02. The molecule has 2 rings (SSSR count). The molecule has 2 bridgehead atoms. The average Bonchev–Trinajstić information content (AvgIpc) is 2.03. The van der Waals surface area contributed by atoms with E-state index in [4.69, 9.17) is 5.73 Å². The second-order valence-corrected chi connectivity index (χ2v) is 5.21. The second-order valence-electron chi connectivity index (χ2n) is 5.21. The first-order valence-electron chi connectivity index (χ1n) is 5.44. The lowest BCUT2D eigenvalue weighted by Gasteiger charge is -2.47. The minimum Gasteiger partial charge on any atom is -0.330 e. The SMILES string of the molecule is CC1CC2CCCC(CN)(C1)C2. The highest BCUT2D eigenvalue weighted by Crippen LogP contribution is 2.50. The molecule has 0 heterocycles. The van der Waals surface area contributed by atoms with Crippen molar-refractivity contribution in [2.24, 2.45) is 23.0 Å². The van der Waals surface area contributed by atoms with Crippen molar-refractivity contribution in [3.05, 3.63) is 0 Å². The van der Waals surface area contributed by atoms with E-state index in [1.165, 1.54) is 38.5 Å². The van der Waals surface area contributed by atoms with Crippen LogP contribution in [0.25, 0.3) is 0 Å². The molecule has 0 saturated heterocycles. The Labute approximate surface area is 75.7 Å². The van der Waals surface area contributed by atoms with E-state index in [1.54, 1.807) is 0 Å². The first-order chi connectivity index (χ1) is 5.74. The van der Waals surface area contributed by atoms with Crippen LogP contribution in [0.4, 0.5) is 0 Å². The Morgan fingerprint density at radius 3 is 3.00 bits per heavy atom. The maximum absolute atomic E-state index is 5.91. The van der Waals surface area contributed by atoms with E-state index in [-0.39, 0.29) is 0 Å². The molecule has 2 fully saturated rings. The zero-order valence-electron chi connectivity index (χ0n) is 8.18.